The molecular weight excluding hydrogens is 315 g/mol. The SMILES string of the molecule is CC(C)C(C)(CC(=O)O)NC(=O)c1cccc(OC(F)(F)F)c1. The van der Waals surface area contributed by atoms with Crippen LogP contribution in [-0.2, 0) is 4.79 Å². The van der Waals surface area contributed by atoms with E-state index in [1.165, 1.54) is 12.1 Å². The van der Waals surface area contributed by atoms with Crippen LogP contribution in [0.25, 0.3) is 0 Å². The zero-order valence-corrected chi connectivity index (χ0v) is 12.9. The van der Waals surface area contributed by atoms with Crippen LogP contribution in [0, 0.1) is 5.92 Å². The van der Waals surface area contributed by atoms with E-state index in [9.17, 15) is 22.8 Å². The van der Waals surface area contributed by atoms with Gasteiger partial charge in [-0.2, -0.15) is 0 Å². The second-order valence-corrected chi connectivity index (χ2v) is 5.67. The molecule has 0 aliphatic rings. The molecule has 0 heterocycles. The van der Waals surface area contributed by atoms with Gasteiger partial charge in [0.15, 0.2) is 0 Å². The number of carboxylic acids is 1. The highest BCUT2D eigenvalue weighted by molar-refractivity contribution is 5.95. The normalized spacial score (nSPS) is 14.2. The lowest BCUT2D eigenvalue weighted by Crippen LogP contribution is -2.51. The van der Waals surface area contributed by atoms with E-state index < -0.39 is 29.5 Å². The molecule has 0 saturated carbocycles. The first kappa shape index (κ1) is 18.8. The van der Waals surface area contributed by atoms with Gasteiger partial charge in [0.2, 0.25) is 0 Å². The second kappa shape index (κ2) is 6.89. The number of carbonyl (C=O) groups is 2. The minimum atomic E-state index is -4.86. The third-order valence-electron chi connectivity index (χ3n) is 3.52. The minimum Gasteiger partial charge on any atom is -0.481 e. The van der Waals surface area contributed by atoms with Crippen molar-refractivity contribution in [3.05, 3.63) is 29.8 Å². The number of nitrogens with one attached hydrogen (secondary N) is 1. The lowest BCUT2D eigenvalue weighted by molar-refractivity contribution is -0.274. The molecule has 23 heavy (non-hydrogen) atoms. The largest absolute Gasteiger partial charge is 0.573 e. The molecule has 8 heteroatoms. The molecule has 0 aliphatic heterocycles. The summed E-state index contributed by atoms with van der Waals surface area (Å²) in [6.07, 6.45) is -5.17. The van der Waals surface area contributed by atoms with Crippen LogP contribution in [0.5, 0.6) is 5.75 Å². The fourth-order valence-corrected chi connectivity index (χ4v) is 1.87. The highest BCUT2D eigenvalue weighted by Gasteiger charge is 2.34. The molecule has 1 aromatic rings. The Morgan fingerprint density at radius 2 is 1.91 bits per heavy atom. The molecule has 5 nitrogen and oxygen atoms in total. The van der Waals surface area contributed by atoms with Crippen molar-refractivity contribution in [2.75, 3.05) is 0 Å². The van der Waals surface area contributed by atoms with E-state index in [1.54, 1.807) is 20.8 Å². The molecule has 1 rings (SSSR count). The second-order valence-electron chi connectivity index (χ2n) is 5.67. The first-order chi connectivity index (χ1) is 10.4. The van der Waals surface area contributed by atoms with E-state index in [0.29, 0.717) is 0 Å². The standard InChI is InChI=1S/C15H18F3NO4/c1-9(2)14(3,8-12(20)21)19-13(22)10-5-4-6-11(7-10)23-15(16,17)18/h4-7,9H,8H2,1-3H3,(H,19,22)(H,20,21). The maximum absolute atomic E-state index is 12.2. The van der Waals surface area contributed by atoms with Crippen LogP contribution in [0.1, 0.15) is 37.6 Å². The number of carbonyl (C=O) groups excluding carboxylic acids is 1. The zero-order valence-electron chi connectivity index (χ0n) is 12.9. The van der Waals surface area contributed by atoms with Crippen LogP contribution >= 0.6 is 0 Å². The summed E-state index contributed by atoms with van der Waals surface area (Å²) in [6, 6.07) is 4.59. The van der Waals surface area contributed by atoms with Gasteiger partial charge in [-0.3, -0.25) is 9.59 Å². The first-order valence-electron chi connectivity index (χ1n) is 6.83. The van der Waals surface area contributed by atoms with Gasteiger partial charge in [0.25, 0.3) is 5.91 Å². The van der Waals surface area contributed by atoms with Crippen molar-refractivity contribution >= 4 is 11.9 Å². The Balaban J connectivity index is 2.96. The molecule has 0 aliphatic carbocycles. The van der Waals surface area contributed by atoms with Crippen molar-refractivity contribution in [1.29, 1.82) is 0 Å². The van der Waals surface area contributed by atoms with Crippen molar-refractivity contribution in [2.45, 2.75) is 39.1 Å². The molecular formula is C15H18F3NO4. The summed E-state index contributed by atoms with van der Waals surface area (Å²) in [4.78, 5) is 23.2. The van der Waals surface area contributed by atoms with Gasteiger partial charge in [-0.05, 0) is 31.0 Å². The molecule has 1 amide bonds. The summed E-state index contributed by atoms with van der Waals surface area (Å²) >= 11 is 0. The molecule has 0 radical (unpaired) electrons. The Morgan fingerprint density at radius 1 is 1.30 bits per heavy atom. The number of hydrogen-bond donors (Lipinski definition) is 2. The average Bonchev–Trinajstić information content (AvgIpc) is 2.35. The van der Waals surface area contributed by atoms with Crippen LogP contribution in [0.3, 0.4) is 0 Å². The van der Waals surface area contributed by atoms with Crippen molar-refractivity contribution < 1.29 is 32.6 Å². The van der Waals surface area contributed by atoms with Crippen molar-refractivity contribution in [3.8, 4) is 5.75 Å². The van der Waals surface area contributed by atoms with Crippen molar-refractivity contribution in [3.63, 3.8) is 0 Å². The number of carboxylic acid groups (broad SMARTS) is 1. The van der Waals surface area contributed by atoms with Gasteiger partial charge in [-0.25, -0.2) is 0 Å². The number of alkyl halides is 3. The van der Waals surface area contributed by atoms with Crippen molar-refractivity contribution in [2.24, 2.45) is 5.92 Å². The summed E-state index contributed by atoms with van der Waals surface area (Å²) in [6.45, 7) is 5.05. The van der Waals surface area contributed by atoms with Crippen LogP contribution in [-0.4, -0.2) is 28.9 Å². The maximum Gasteiger partial charge on any atom is 0.573 e. The summed E-state index contributed by atoms with van der Waals surface area (Å²) in [7, 11) is 0. The van der Waals surface area contributed by atoms with E-state index >= 15 is 0 Å². The van der Waals surface area contributed by atoms with Gasteiger partial charge in [-0.15, -0.1) is 13.2 Å². The fraction of sp³-hybridized carbons (Fsp3) is 0.467. The summed E-state index contributed by atoms with van der Waals surface area (Å²) in [5.74, 6) is -2.47. The third-order valence-corrected chi connectivity index (χ3v) is 3.52. The van der Waals surface area contributed by atoms with Crippen LogP contribution < -0.4 is 10.1 Å². The minimum absolute atomic E-state index is 0.0518. The van der Waals surface area contributed by atoms with Gasteiger partial charge < -0.3 is 15.2 Å². The van der Waals surface area contributed by atoms with E-state index in [2.05, 4.69) is 10.1 Å². The Morgan fingerprint density at radius 3 is 2.39 bits per heavy atom. The van der Waals surface area contributed by atoms with Gasteiger partial charge in [0.1, 0.15) is 5.75 Å². The zero-order chi connectivity index (χ0) is 17.8. The number of rotatable bonds is 6. The van der Waals surface area contributed by atoms with E-state index in [4.69, 9.17) is 5.11 Å². The quantitative estimate of drug-likeness (QED) is 0.838. The molecule has 0 saturated heterocycles. The average molecular weight is 333 g/mol. The fourth-order valence-electron chi connectivity index (χ4n) is 1.87. The smallest absolute Gasteiger partial charge is 0.481 e. The van der Waals surface area contributed by atoms with E-state index in [1.807, 2.05) is 0 Å². The Labute approximate surface area is 131 Å². The Bertz CT molecular complexity index is 586. The number of hydrogen-bond acceptors (Lipinski definition) is 3. The molecule has 0 bridgehead atoms. The Hall–Kier alpha value is -2.25. The van der Waals surface area contributed by atoms with Gasteiger partial charge >= 0.3 is 12.3 Å². The van der Waals surface area contributed by atoms with Crippen LogP contribution in [0.4, 0.5) is 13.2 Å². The summed E-state index contributed by atoms with van der Waals surface area (Å²) < 4.78 is 40.4. The van der Waals surface area contributed by atoms with E-state index in [0.717, 1.165) is 12.1 Å². The summed E-state index contributed by atoms with van der Waals surface area (Å²) in [5.41, 5.74) is -1.09. The molecule has 0 aromatic heterocycles. The lowest BCUT2D eigenvalue weighted by Gasteiger charge is -2.33. The maximum atomic E-state index is 12.2. The van der Waals surface area contributed by atoms with Crippen molar-refractivity contribution in [1.82, 2.24) is 5.32 Å². The number of ether oxygens (including phenoxy) is 1. The predicted molar refractivity (Wildman–Crippen MR) is 76.1 cm³/mol. The molecule has 0 fully saturated rings. The predicted octanol–water partition coefficient (Wildman–Crippen LogP) is 3.20. The number of halogens is 3. The number of aliphatic carboxylic acids is 1. The van der Waals surface area contributed by atoms with Gasteiger partial charge in [0.05, 0.1) is 12.0 Å². The number of amides is 1. The molecule has 2 N–H and O–H groups in total. The van der Waals surface area contributed by atoms with Crippen LogP contribution in [0.2, 0.25) is 0 Å². The topological polar surface area (TPSA) is 75.6 Å². The monoisotopic (exact) mass is 333 g/mol. The molecule has 1 atom stereocenters. The highest BCUT2D eigenvalue weighted by atomic mass is 19.4. The van der Waals surface area contributed by atoms with Gasteiger partial charge in [-0.1, -0.05) is 19.9 Å². The van der Waals surface area contributed by atoms with Gasteiger partial charge in [0, 0.05) is 5.56 Å². The highest BCUT2D eigenvalue weighted by Crippen LogP contribution is 2.25. The molecule has 1 unspecified atom stereocenters. The molecule has 1 aromatic carbocycles. The molecule has 0 spiro atoms. The third kappa shape index (κ3) is 5.80. The Kier molecular flexibility index (Phi) is 5.63. The number of benzene rings is 1. The lowest BCUT2D eigenvalue weighted by atomic mass is 9.85. The first-order valence-corrected chi connectivity index (χ1v) is 6.83. The van der Waals surface area contributed by atoms with E-state index in [-0.39, 0.29) is 17.9 Å². The van der Waals surface area contributed by atoms with Crippen LogP contribution in [0.15, 0.2) is 24.3 Å². The summed E-state index contributed by atoms with van der Waals surface area (Å²) in [5, 5.41) is 11.5. The molecule has 128 valence electrons.